The van der Waals surface area contributed by atoms with Crippen molar-refractivity contribution in [2.75, 3.05) is 5.75 Å². The van der Waals surface area contributed by atoms with Crippen molar-refractivity contribution < 1.29 is 18.3 Å². The molecule has 3 aromatic rings. The van der Waals surface area contributed by atoms with Crippen molar-refractivity contribution in [1.29, 1.82) is 0 Å². The summed E-state index contributed by atoms with van der Waals surface area (Å²) in [5, 5.41) is 10.1. The minimum atomic E-state index is -3.74. The van der Waals surface area contributed by atoms with Gasteiger partial charge in [-0.05, 0) is 41.8 Å². The molecule has 8 heteroatoms. The van der Waals surface area contributed by atoms with Gasteiger partial charge in [-0.25, -0.2) is 12.4 Å². The van der Waals surface area contributed by atoms with Crippen molar-refractivity contribution in [1.82, 2.24) is 3.97 Å². The molecule has 0 atom stereocenters. The molecule has 0 saturated heterocycles. The van der Waals surface area contributed by atoms with Crippen LogP contribution >= 0.6 is 11.6 Å². The molecule has 2 aromatic carbocycles. The van der Waals surface area contributed by atoms with Crippen molar-refractivity contribution in [2.45, 2.75) is 19.4 Å². The molecule has 0 aliphatic heterocycles. The molecule has 0 bridgehead atoms. The average molecular weight is 433 g/mol. The molecule has 0 aliphatic carbocycles. The van der Waals surface area contributed by atoms with Gasteiger partial charge in [-0.15, -0.1) is 0 Å². The topological polar surface area (TPSA) is 102 Å². The van der Waals surface area contributed by atoms with E-state index >= 15 is 0 Å². The number of aliphatic carboxylic acids is 1. The van der Waals surface area contributed by atoms with Crippen LogP contribution in [0.2, 0.25) is 5.02 Å². The van der Waals surface area contributed by atoms with Gasteiger partial charge < -0.3 is 10.8 Å². The van der Waals surface area contributed by atoms with Gasteiger partial charge in [0.05, 0.1) is 17.7 Å². The zero-order valence-electron chi connectivity index (χ0n) is 15.6. The Kier molecular flexibility index (Phi) is 6.42. The van der Waals surface area contributed by atoms with Gasteiger partial charge in [0.1, 0.15) is 0 Å². The molecule has 0 fully saturated rings. The van der Waals surface area contributed by atoms with Gasteiger partial charge in [0.15, 0.2) is 0 Å². The van der Waals surface area contributed by atoms with Crippen molar-refractivity contribution in [3.05, 3.63) is 76.5 Å². The van der Waals surface area contributed by atoms with E-state index in [1.807, 2.05) is 24.3 Å². The van der Waals surface area contributed by atoms with E-state index < -0.39 is 16.0 Å². The Morgan fingerprint density at radius 1 is 1.14 bits per heavy atom. The predicted molar refractivity (Wildman–Crippen MR) is 115 cm³/mol. The van der Waals surface area contributed by atoms with Gasteiger partial charge >= 0.3 is 5.97 Å². The summed E-state index contributed by atoms with van der Waals surface area (Å²) in [4.78, 5) is 11.0. The van der Waals surface area contributed by atoms with Crippen molar-refractivity contribution in [3.8, 4) is 0 Å². The van der Waals surface area contributed by atoms with Gasteiger partial charge in [-0.3, -0.25) is 4.79 Å². The number of benzene rings is 2. The molecule has 152 valence electrons. The molecular formula is C21H21ClN2O4S. The van der Waals surface area contributed by atoms with Gasteiger partial charge in [-0.1, -0.05) is 48.0 Å². The first-order valence-electron chi connectivity index (χ1n) is 9.00. The molecule has 1 heterocycles. The molecule has 0 saturated carbocycles. The Morgan fingerprint density at radius 3 is 2.52 bits per heavy atom. The Hall–Kier alpha value is -2.61. The molecule has 1 aromatic heterocycles. The zero-order valence-corrected chi connectivity index (χ0v) is 17.2. The van der Waals surface area contributed by atoms with Crippen LogP contribution in [0.5, 0.6) is 0 Å². The van der Waals surface area contributed by atoms with E-state index in [1.165, 1.54) is 3.97 Å². The molecular weight excluding hydrogens is 412 g/mol. The summed E-state index contributed by atoms with van der Waals surface area (Å²) in [5.74, 6) is -1.21. The second kappa shape index (κ2) is 8.82. The smallest absolute Gasteiger partial charge is 0.303 e. The van der Waals surface area contributed by atoms with Crippen LogP contribution in [-0.2, 0) is 27.8 Å². The quantitative estimate of drug-likeness (QED) is 0.565. The Balaban J connectivity index is 1.92. The Labute approximate surface area is 174 Å². The van der Waals surface area contributed by atoms with Gasteiger partial charge in [0.25, 0.3) is 0 Å². The van der Waals surface area contributed by atoms with Crippen molar-refractivity contribution in [3.63, 3.8) is 0 Å². The first-order valence-corrected chi connectivity index (χ1v) is 11.0. The van der Waals surface area contributed by atoms with Crippen LogP contribution in [0.3, 0.4) is 0 Å². The van der Waals surface area contributed by atoms with Crippen LogP contribution in [0, 0.1) is 0 Å². The highest BCUT2D eigenvalue weighted by Gasteiger charge is 2.20. The second-order valence-corrected chi connectivity index (χ2v) is 8.92. The standard InChI is InChI=1S/C21H21ClN2O4S/c22-18-7-9-20-17(12-18)13-19(8-10-21(25)26)24(20)29(27,28)11-1-2-15-3-5-16(14-23)6-4-15/h1-7,9,12-13H,8,10-11,14,23H2,(H,25,26). The summed E-state index contributed by atoms with van der Waals surface area (Å²) in [5.41, 5.74) is 8.35. The number of nitrogens with zero attached hydrogens (tertiary/aromatic N) is 1. The van der Waals surface area contributed by atoms with E-state index in [9.17, 15) is 13.2 Å². The molecule has 0 spiro atoms. The summed E-state index contributed by atoms with van der Waals surface area (Å²) in [6.07, 6.45) is 3.25. The summed E-state index contributed by atoms with van der Waals surface area (Å²) in [6, 6.07) is 14.1. The predicted octanol–water partition coefficient (Wildman–Crippen LogP) is 3.66. The number of fused-ring (bicyclic) bond motifs is 1. The number of carboxylic acids is 1. The summed E-state index contributed by atoms with van der Waals surface area (Å²) >= 11 is 6.02. The maximum Gasteiger partial charge on any atom is 0.303 e. The van der Waals surface area contributed by atoms with E-state index in [0.717, 1.165) is 11.1 Å². The summed E-state index contributed by atoms with van der Waals surface area (Å²) in [7, 11) is -3.74. The molecule has 3 N–H and O–H groups in total. The number of aryl methyl sites for hydroxylation is 1. The number of aromatic nitrogens is 1. The number of hydrogen-bond acceptors (Lipinski definition) is 4. The first-order chi connectivity index (χ1) is 13.8. The number of nitrogens with two attached hydrogens (primary N) is 1. The number of rotatable bonds is 8. The molecule has 6 nitrogen and oxygen atoms in total. The lowest BCUT2D eigenvalue weighted by molar-refractivity contribution is -0.136. The Morgan fingerprint density at radius 2 is 1.86 bits per heavy atom. The number of carbonyl (C=O) groups is 1. The van der Waals surface area contributed by atoms with E-state index in [4.69, 9.17) is 22.4 Å². The lowest BCUT2D eigenvalue weighted by Gasteiger charge is -2.10. The van der Waals surface area contributed by atoms with Crippen LogP contribution in [0.4, 0.5) is 0 Å². The molecule has 0 aliphatic rings. The summed E-state index contributed by atoms with van der Waals surface area (Å²) < 4.78 is 27.4. The van der Waals surface area contributed by atoms with E-state index in [-0.39, 0.29) is 18.6 Å². The maximum atomic E-state index is 13.1. The van der Waals surface area contributed by atoms with Gasteiger partial charge in [0, 0.05) is 22.6 Å². The monoisotopic (exact) mass is 432 g/mol. The normalized spacial score (nSPS) is 12.1. The first kappa shape index (κ1) is 21.1. The highest BCUT2D eigenvalue weighted by Crippen LogP contribution is 2.26. The SMILES string of the molecule is NCc1ccc(C=CCS(=O)(=O)n2c(CCC(=O)O)cc3cc(Cl)ccc32)cc1. The van der Waals surface area contributed by atoms with Crippen LogP contribution in [0.25, 0.3) is 17.0 Å². The third-order valence-corrected chi connectivity index (χ3v) is 6.33. The fourth-order valence-corrected chi connectivity index (χ4v) is 4.74. The van der Waals surface area contributed by atoms with Crippen molar-refractivity contribution >= 4 is 44.6 Å². The number of halogens is 1. The average Bonchev–Trinajstić information content (AvgIpc) is 3.05. The summed E-state index contributed by atoms with van der Waals surface area (Å²) in [6.45, 7) is 0.447. The van der Waals surface area contributed by atoms with E-state index in [0.29, 0.717) is 28.2 Å². The fourth-order valence-electron chi connectivity index (χ4n) is 3.10. The maximum absolute atomic E-state index is 13.1. The molecule has 0 radical (unpaired) electrons. The minimum absolute atomic E-state index is 0.102. The van der Waals surface area contributed by atoms with E-state index in [2.05, 4.69) is 0 Å². The van der Waals surface area contributed by atoms with Crippen LogP contribution in [0.1, 0.15) is 23.2 Å². The van der Waals surface area contributed by atoms with Gasteiger partial charge in [0.2, 0.25) is 10.0 Å². The fraction of sp³-hybridized carbons (Fsp3) is 0.190. The third kappa shape index (κ3) is 5.06. The van der Waals surface area contributed by atoms with E-state index in [1.54, 1.807) is 36.4 Å². The highest BCUT2D eigenvalue weighted by molar-refractivity contribution is 7.90. The second-order valence-electron chi connectivity index (χ2n) is 6.62. The largest absolute Gasteiger partial charge is 0.481 e. The zero-order chi connectivity index (χ0) is 21.0. The molecule has 29 heavy (non-hydrogen) atoms. The molecule has 0 unspecified atom stereocenters. The molecule has 3 rings (SSSR count). The third-order valence-electron chi connectivity index (χ3n) is 4.50. The van der Waals surface area contributed by atoms with Crippen molar-refractivity contribution in [2.24, 2.45) is 5.73 Å². The molecule has 0 amide bonds. The lowest BCUT2D eigenvalue weighted by atomic mass is 10.1. The number of carboxylic acid groups (broad SMARTS) is 1. The Bertz CT molecular complexity index is 1170. The highest BCUT2D eigenvalue weighted by atomic mass is 35.5. The minimum Gasteiger partial charge on any atom is -0.481 e. The number of hydrogen-bond donors (Lipinski definition) is 2. The van der Waals surface area contributed by atoms with Crippen LogP contribution in [0.15, 0.2) is 54.6 Å². The van der Waals surface area contributed by atoms with Gasteiger partial charge in [-0.2, -0.15) is 0 Å². The van der Waals surface area contributed by atoms with Crippen LogP contribution < -0.4 is 5.73 Å². The van der Waals surface area contributed by atoms with Crippen LogP contribution in [-0.4, -0.2) is 29.2 Å². The lowest BCUT2D eigenvalue weighted by Crippen LogP contribution is -2.18.